The molecule has 0 fully saturated rings. The van der Waals surface area contributed by atoms with Crippen molar-refractivity contribution in [3.05, 3.63) is 69.8 Å². The van der Waals surface area contributed by atoms with Gasteiger partial charge in [0, 0.05) is 10.8 Å². The second kappa shape index (κ2) is 9.94. The standard InChI is InChI=1S/C28H42O/c1-9-23-13-15-25(17-21(23)5)27(7,11-3)19-29-20-28(8,12-4)26-16-14-24(10-2)22(6)18-26/h13-18H,9-12,19-20H2,1-8H3. The summed E-state index contributed by atoms with van der Waals surface area (Å²) in [6.07, 6.45) is 4.34. The molecule has 2 rings (SSSR count). The van der Waals surface area contributed by atoms with Crippen LogP contribution < -0.4 is 0 Å². The van der Waals surface area contributed by atoms with Crippen molar-refractivity contribution >= 4 is 0 Å². The average Bonchev–Trinajstić information content (AvgIpc) is 2.73. The van der Waals surface area contributed by atoms with Gasteiger partial charge in [-0.1, -0.05) is 77.9 Å². The van der Waals surface area contributed by atoms with Gasteiger partial charge >= 0.3 is 0 Å². The molecule has 0 aliphatic carbocycles. The summed E-state index contributed by atoms with van der Waals surface area (Å²) >= 11 is 0. The molecule has 2 aromatic rings. The lowest BCUT2D eigenvalue weighted by Gasteiger charge is -2.34. The Hall–Kier alpha value is -1.60. The fourth-order valence-corrected chi connectivity index (χ4v) is 4.22. The Morgan fingerprint density at radius 2 is 1.03 bits per heavy atom. The molecule has 0 radical (unpaired) electrons. The maximum absolute atomic E-state index is 6.45. The van der Waals surface area contributed by atoms with Crippen LogP contribution in [0.3, 0.4) is 0 Å². The molecule has 0 spiro atoms. The summed E-state index contributed by atoms with van der Waals surface area (Å²) in [6.45, 7) is 19.7. The van der Waals surface area contributed by atoms with E-state index in [1.807, 2.05) is 0 Å². The van der Waals surface area contributed by atoms with E-state index in [4.69, 9.17) is 4.74 Å². The first kappa shape index (κ1) is 23.7. The van der Waals surface area contributed by atoms with Crippen LogP contribution >= 0.6 is 0 Å². The highest BCUT2D eigenvalue weighted by atomic mass is 16.5. The quantitative estimate of drug-likeness (QED) is 0.406. The highest BCUT2D eigenvalue weighted by Crippen LogP contribution is 2.33. The Labute approximate surface area is 179 Å². The second-order valence-electron chi connectivity index (χ2n) is 9.31. The smallest absolute Gasteiger partial charge is 0.0560 e. The van der Waals surface area contributed by atoms with Crippen LogP contribution in [0.4, 0.5) is 0 Å². The summed E-state index contributed by atoms with van der Waals surface area (Å²) in [5.41, 5.74) is 8.58. The number of hydrogen-bond donors (Lipinski definition) is 0. The van der Waals surface area contributed by atoms with Gasteiger partial charge in [-0.05, 0) is 72.9 Å². The Morgan fingerprint density at radius 3 is 1.31 bits per heavy atom. The van der Waals surface area contributed by atoms with Gasteiger partial charge in [-0.15, -0.1) is 0 Å². The fraction of sp³-hybridized carbons (Fsp3) is 0.571. The molecule has 160 valence electrons. The van der Waals surface area contributed by atoms with Gasteiger partial charge in [-0.3, -0.25) is 0 Å². The Kier molecular flexibility index (Phi) is 8.11. The van der Waals surface area contributed by atoms with Gasteiger partial charge in [0.15, 0.2) is 0 Å². The van der Waals surface area contributed by atoms with E-state index < -0.39 is 0 Å². The van der Waals surface area contributed by atoms with Crippen molar-refractivity contribution in [2.45, 2.75) is 91.9 Å². The van der Waals surface area contributed by atoms with Gasteiger partial charge in [-0.25, -0.2) is 0 Å². The topological polar surface area (TPSA) is 9.23 Å². The van der Waals surface area contributed by atoms with Gasteiger partial charge in [0.2, 0.25) is 0 Å². The van der Waals surface area contributed by atoms with Crippen molar-refractivity contribution in [1.29, 1.82) is 0 Å². The number of benzene rings is 2. The zero-order valence-corrected chi connectivity index (χ0v) is 20.1. The molecule has 0 saturated carbocycles. The van der Waals surface area contributed by atoms with E-state index in [9.17, 15) is 0 Å². The van der Waals surface area contributed by atoms with Gasteiger partial charge in [0.05, 0.1) is 13.2 Å². The third-order valence-electron chi connectivity index (χ3n) is 7.24. The number of hydrogen-bond acceptors (Lipinski definition) is 1. The molecular formula is C28H42O. The van der Waals surface area contributed by atoms with Crippen molar-refractivity contribution < 1.29 is 4.74 Å². The number of rotatable bonds is 10. The second-order valence-corrected chi connectivity index (χ2v) is 9.31. The lowest BCUT2D eigenvalue weighted by atomic mass is 9.78. The molecule has 1 heteroatoms. The van der Waals surface area contributed by atoms with Crippen molar-refractivity contribution in [2.24, 2.45) is 0 Å². The molecule has 0 amide bonds. The molecule has 0 aromatic heterocycles. The lowest BCUT2D eigenvalue weighted by Crippen LogP contribution is -2.33. The summed E-state index contributed by atoms with van der Waals surface area (Å²) in [5.74, 6) is 0. The largest absolute Gasteiger partial charge is 0.380 e. The molecule has 0 N–H and O–H groups in total. The van der Waals surface area contributed by atoms with Crippen LogP contribution in [0.2, 0.25) is 0 Å². The van der Waals surface area contributed by atoms with Crippen molar-refractivity contribution in [3.8, 4) is 0 Å². The molecule has 0 heterocycles. The highest BCUT2D eigenvalue weighted by molar-refractivity contribution is 5.36. The van der Waals surface area contributed by atoms with Gasteiger partial charge < -0.3 is 4.74 Å². The SMILES string of the molecule is CCc1ccc(C(C)(CC)COCC(C)(CC)c2ccc(CC)c(C)c2)cc1C. The zero-order valence-electron chi connectivity index (χ0n) is 20.1. The van der Waals surface area contributed by atoms with E-state index in [0.717, 1.165) is 38.9 Å². The van der Waals surface area contributed by atoms with Gasteiger partial charge in [0.1, 0.15) is 0 Å². The maximum Gasteiger partial charge on any atom is 0.0560 e. The molecule has 1 nitrogen and oxygen atoms in total. The predicted molar refractivity (Wildman–Crippen MR) is 127 cm³/mol. The number of aryl methyl sites for hydroxylation is 4. The minimum absolute atomic E-state index is 0.0493. The van der Waals surface area contributed by atoms with Crippen LogP contribution in [0.15, 0.2) is 36.4 Å². The molecular weight excluding hydrogens is 352 g/mol. The van der Waals surface area contributed by atoms with Crippen molar-refractivity contribution in [2.75, 3.05) is 13.2 Å². The van der Waals surface area contributed by atoms with Crippen LogP contribution in [0.1, 0.15) is 87.8 Å². The van der Waals surface area contributed by atoms with Gasteiger partial charge in [0.25, 0.3) is 0 Å². The Balaban J connectivity index is 2.15. The number of ether oxygens (including phenoxy) is 1. The molecule has 2 aromatic carbocycles. The molecule has 0 saturated heterocycles. The molecule has 0 aliphatic rings. The molecule has 2 unspecified atom stereocenters. The van der Waals surface area contributed by atoms with E-state index in [0.29, 0.717) is 0 Å². The Bertz CT molecular complexity index is 738. The third-order valence-corrected chi connectivity index (χ3v) is 7.24. The maximum atomic E-state index is 6.45. The van der Waals surface area contributed by atoms with Crippen molar-refractivity contribution in [1.82, 2.24) is 0 Å². The summed E-state index contributed by atoms with van der Waals surface area (Å²) in [7, 11) is 0. The van der Waals surface area contributed by atoms with E-state index in [2.05, 4.69) is 91.8 Å². The summed E-state index contributed by atoms with van der Waals surface area (Å²) in [5, 5.41) is 0. The van der Waals surface area contributed by atoms with Gasteiger partial charge in [-0.2, -0.15) is 0 Å². The molecule has 2 atom stereocenters. The van der Waals surface area contributed by atoms with Crippen LogP contribution in [-0.2, 0) is 28.4 Å². The Morgan fingerprint density at radius 1 is 0.655 bits per heavy atom. The van der Waals surface area contributed by atoms with Crippen molar-refractivity contribution in [3.63, 3.8) is 0 Å². The molecule has 29 heavy (non-hydrogen) atoms. The average molecular weight is 395 g/mol. The first-order valence-electron chi connectivity index (χ1n) is 11.5. The van der Waals surface area contributed by atoms with E-state index in [1.165, 1.54) is 33.4 Å². The third kappa shape index (κ3) is 5.31. The summed E-state index contributed by atoms with van der Waals surface area (Å²) in [6, 6.07) is 14.0. The molecule has 0 aliphatic heterocycles. The first-order chi connectivity index (χ1) is 13.7. The predicted octanol–water partition coefficient (Wildman–Crippen LogP) is 7.48. The lowest BCUT2D eigenvalue weighted by molar-refractivity contribution is 0.0510. The first-order valence-corrected chi connectivity index (χ1v) is 11.5. The van der Waals surface area contributed by atoms with Crippen LogP contribution in [-0.4, -0.2) is 13.2 Å². The summed E-state index contributed by atoms with van der Waals surface area (Å²) < 4.78 is 6.45. The monoisotopic (exact) mass is 394 g/mol. The molecule has 0 bridgehead atoms. The zero-order chi connectivity index (χ0) is 21.7. The van der Waals surface area contributed by atoms with Crippen LogP contribution in [0.5, 0.6) is 0 Å². The normalized spacial score (nSPS) is 15.7. The van der Waals surface area contributed by atoms with E-state index in [-0.39, 0.29) is 10.8 Å². The fourth-order valence-electron chi connectivity index (χ4n) is 4.22. The van der Waals surface area contributed by atoms with Crippen LogP contribution in [0.25, 0.3) is 0 Å². The van der Waals surface area contributed by atoms with E-state index in [1.54, 1.807) is 0 Å². The highest BCUT2D eigenvalue weighted by Gasteiger charge is 2.29. The minimum atomic E-state index is 0.0493. The van der Waals surface area contributed by atoms with E-state index >= 15 is 0 Å². The van der Waals surface area contributed by atoms with Crippen LogP contribution in [0, 0.1) is 13.8 Å². The summed E-state index contributed by atoms with van der Waals surface area (Å²) in [4.78, 5) is 0. The minimum Gasteiger partial charge on any atom is -0.380 e.